The molecule has 0 saturated carbocycles. The lowest BCUT2D eigenvalue weighted by molar-refractivity contribution is -0.130. The first-order chi connectivity index (χ1) is 12.4. The molecule has 1 amide bonds. The summed E-state index contributed by atoms with van der Waals surface area (Å²) in [6.07, 6.45) is 1.57. The van der Waals surface area contributed by atoms with Crippen LogP contribution in [0.25, 0.3) is 10.9 Å². The third-order valence-electron chi connectivity index (χ3n) is 4.55. The summed E-state index contributed by atoms with van der Waals surface area (Å²) in [6.45, 7) is 3.17. The number of alkyl halides is 1. The van der Waals surface area contributed by atoms with Crippen LogP contribution < -0.4 is 0 Å². The molecule has 1 aromatic heterocycles. The number of carbonyl (C=O) groups is 1. The maximum absolute atomic E-state index is 13.0. The number of halogens is 2. The number of rotatable bonds is 5. The van der Waals surface area contributed by atoms with E-state index in [1.54, 1.807) is 35.4 Å². The van der Waals surface area contributed by atoms with E-state index in [9.17, 15) is 9.00 Å². The molecule has 2 heterocycles. The minimum absolute atomic E-state index is 0.000325. The lowest BCUT2D eigenvalue weighted by Gasteiger charge is -2.34. The normalized spacial score (nSPS) is 18.0. The van der Waals surface area contributed by atoms with E-state index in [1.165, 1.54) is 0 Å². The Morgan fingerprint density at radius 3 is 2.65 bits per heavy atom. The van der Waals surface area contributed by atoms with Gasteiger partial charge in [-0.25, -0.2) is 8.99 Å². The summed E-state index contributed by atoms with van der Waals surface area (Å²) in [5, 5.41) is 1.26. The third-order valence-corrected chi connectivity index (χ3v) is 6.84. The van der Waals surface area contributed by atoms with Gasteiger partial charge in [-0.2, -0.15) is 0 Å². The highest BCUT2D eigenvalue weighted by molar-refractivity contribution is 7.92. The van der Waals surface area contributed by atoms with Crippen molar-refractivity contribution in [3.8, 4) is 0 Å². The van der Waals surface area contributed by atoms with Crippen LogP contribution in [-0.4, -0.2) is 69.3 Å². The van der Waals surface area contributed by atoms with Crippen molar-refractivity contribution in [2.24, 2.45) is 0 Å². The fraction of sp³-hybridized carbons (Fsp3) is 0.412. The van der Waals surface area contributed by atoms with Crippen LogP contribution in [-0.2, 0) is 14.5 Å². The van der Waals surface area contributed by atoms with Crippen molar-refractivity contribution in [2.45, 2.75) is 4.90 Å². The number of piperazine rings is 1. The molecule has 6 nitrogen and oxygen atoms in total. The van der Waals surface area contributed by atoms with Crippen LogP contribution in [0.5, 0.6) is 0 Å². The number of hydrogen-bond donors (Lipinski definition) is 1. The van der Waals surface area contributed by atoms with Crippen molar-refractivity contribution in [3.05, 3.63) is 35.5 Å². The predicted octanol–water partition coefficient (Wildman–Crippen LogP) is 2.68. The largest absolute Gasteiger partial charge is 0.339 e. The van der Waals surface area contributed by atoms with Gasteiger partial charge in [-0.1, -0.05) is 17.7 Å². The number of fused-ring (bicyclic) bond motifs is 1. The number of carbonyl (C=O) groups excluding carboxylic acids is 1. The summed E-state index contributed by atoms with van der Waals surface area (Å²) >= 11 is 11.6. The van der Waals surface area contributed by atoms with E-state index >= 15 is 0 Å². The SMILES string of the molecule is N=S(=O)(CCN1CCN(C(=O)CCl)CC1)c1ccnc2cc(Cl)ccc12. The molecule has 2 aromatic rings. The van der Waals surface area contributed by atoms with Crippen LogP contribution in [0.2, 0.25) is 5.02 Å². The Hall–Kier alpha value is -1.41. The second kappa shape index (κ2) is 8.08. The van der Waals surface area contributed by atoms with Crippen LogP contribution in [0.4, 0.5) is 0 Å². The van der Waals surface area contributed by atoms with E-state index in [-0.39, 0.29) is 17.5 Å². The molecule has 1 atom stereocenters. The zero-order chi connectivity index (χ0) is 18.7. The van der Waals surface area contributed by atoms with Gasteiger partial charge in [0.2, 0.25) is 5.91 Å². The van der Waals surface area contributed by atoms with E-state index in [0.717, 1.165) is 0 Å². The predicted molar refractivity (Wildman–Crippen MR) is 104 cm³/mol. The Morgan fingerprint density at radius 1 is 1.23 bits per heavy atom. The van der Waals surface area contributed by atoms with E-state index < -0.39 is 9.73 Å². The van der Waals surface area contributed by atoms with Gasteiger partial charge in [0.15, 0.2) is 0 Å². The number of hydrogen-bond acceptors (Lipinski definition) is 5. The number of nitrogens with one attached hydrogen (secondary N) is 1. The highest BCUT2D eigenvalue weighted by atomic mass is 35.5. The zero-order valence-corrected chi connectivity index (χ0v) is 16.5. The molecule has 0 spiro atoms. The molecule has 1 unspecified atom stereocenters. The van der Waals surface area contributed by atoms with Crippen molar-refractivity contribution >= 4 is 49.7 Å². The van der Waals surface area contributed by atoms with Gasteiger partial charge < -0.3 is 4.90 Å². The maximum atomic E-state index is 13.0. The molecule has 140 valence electrons. The summed E-state index contributed by atoms with van der Waals surface area (Å²) in [5.41, 5.74) is 0.642. The van der Waals surface area contributed by atoms with Gasteiger partial charge in [0.05, 0.1) is 20.1 Å². The molecule has 0 radical (unpaired) electrons. The minimum atomic E-state index is -2.96. The standard InChI is InChI=1S/C17H20Cl2N4O2S/c18-12-17(24)23-7-5-22(6-8-23)9-10-26(20,25)16-3-4-21-15-11-13(19)1-2-14(15)16/h1-4,11,20H,5-10,12H2. The topological polar surface area (TPSA) is 77.4 Å². The van der Waals surface area contributed by atoms with Gasteiger partial charge in [0.1, 0.15) is 5.88 Å². The fourth-order valence-corrected chi connectivity index (χ4v) is 4.93. The average molecular weight is 415 g/mol. The van der Waals surface area contributed by atoms with Crippen LogP contribution >= 0.6 is 23.2 Å². The number of amides is 1. The van der Waals surface area contributed by atoms with Gasteiger partial charge in [-0.3, -0.25) is 14.7 Å². The van der Waals surface area contributed by atoms with Crippen molar-refractivity contribution in [1.29, 1.82) is 4.78 Å². The first kappa shape index (κ1) is 19.4. The van der Waals surface area contributed by atoms with E-state index in [2.05, 4.69) is 9.88 Å². The fourth-order valence-electron chi connectivity index (χ4n) is 3.06. The van der Waals surface area contributed by atoms with Crippen LogP contribution in [0.1, 0.15) is 0 Å². The highest BCUT2D eigenvalue weighted by Gasteiger charge is 2.22. The summed E-state index contributed by atoms with van der Waals surface area (Å²) in [6, 6.07) is 6.86. The Balaban J connectivity index is 1.68. The maximum Gasteiger partial charge on any atom is 0.237 e. The summed E-state index contributed by atoms with van der Waals surface area (Å²) in [4.78, 5) is 20.2. The Kier molecular flexibility index (Phi) is 6.02. The number of aromatic nitrogens is 1. The summed E-state index contributed by atoms with van der Waals surface area (Å²) in [7, 11) is -2.96. The van der Waals surface area contributed by atoms with Gasteiger partial charge >= 0.3 is 0 Å². The van der Waals surface area contributed by atoms with Crippen molar-refractivity contribution in [2.75, 3.05) is 44.4 Å². The van der Waals surface area contributed by atoms with Gasteiger partial charge in [0, 0.05) is 55.1 Å². The zero-order valence-electron chi connectivity index (χ0n) is 14.2. The number of nitrogens with zero attached hydrogens (tertiary/aromatic N) is 3. The third kappa shape index (κ3) is 4.28. The molecule has 0 aliphatic carbocycles. The molecule has 26 heavy (non-hydrogen) atoms. The molecule has 1 N–H and O–H groups in total. The van der Waals surface area contributed by atoms with E-state index in [4.69, 9.17) is 28.0 Å². The van der Waals surface area contributed by atoms with Crippen molar-refractivity contribution < 1.29 is 9.00 Å². The molecule has 9 heteroatoms. The molecule has 1 saturated heterocycles. The van der Waals surface area contributed by atoms with Crippen LogP contribution in [0.3, 0.4) is 0 Å². The summed E-state index contributed by atoms with van der Waals surface area (Å²) in [5.74, 6) is 0.176. The average Bonchev–Trinajstić information content (AvgIpc) is 2.65. The van der Waals surface area contributed by atoms with Crippen LogP contribution in [0.15, 0.2) is 35.4 Å². The molecular formula is C17H20Cl2N4O2S. The van der Waals surface area contributed by atoms with Crippen molar-refractivity contribution in [3.63, 3.8) is 0 Å². The minimum Gasteiger partial charge on any atom is -0.339 e. The lowest BCUT2D eigenvalue weighted by atomic mass is 10.2. The summed E-state index contributed by atoms with van der Waals surface area (Å²) < 4.78 is 21.5. The van der Waals surface area contributed by atoms with Gasteiger partial charge in [-0.05, 0) is 18.2 Å². The highest BCUT2D eigenvalue weighted by Crippen LogP contribution is 2.25. The first-order valence-electron chi connectivity index (χ1n) is 8.27. The van der Waals surface area contributed by atoms with Gasteiger partial charge in [0.25, 0.3) is 0 Å². The smallest absolute Gasteiger partial charge is 0.237 e. The Labute approximate surface area is 163 Å². The molecule has 1 fully saturated rings. The Bertz CT molecular complexity index is 912. The first-order valence-corrected chi connectivity index (χ1v) is 10.9. The lowest BCUT2D eigenvalue weighted by Crippen LogP contribution is -2.50. The molecule has 0 bridgehead atoms. The molecule has 3 rings (SSSR count). The molecular weight excluding hydrogens is 395 g/mol. The quantitative estimate of drug-likeness (QED) is 0.762. The Morgan fingerprint density at radius 2 is 1.96 bits per heavy atom. The molecule has 1 aliphatic rings. The van der Waals surface area contributed by atoms with E-state index in [0.29, 0.717) is 53.5 Å². The second-order valence-electron chi connectivity index (χ2n) is 6.21. The monoisotopic (exact) mass is 414 g/mol. The second-order valence-corrected chi connectivity index (χ2v) is 9.11. The van der Waals surface area contributed by atoms with E-state index in [1.807, 2.05) is 0 Å². The van der Waals surface area contributed by atoms with Gasteiger partial charge in [-0.15, -0.1) is 11.6 Å². The molecule has 1 aromatic carbocycles. The number of benzene rings is 1. The van der Waals surface area contributed by atoms with Crippen molar-refractivity contribution in [1.82, 2.24) is 14.8 Å². The molecule has 1 aliphatic heterocycles. The number of pyridine rings is 1. The van der Waals surface area contributed by atoms with Crippen LogP contribution in [0, 0.1) is 4.78 Å².